The van der Waals surface area contributed by atoms with Crippen LogP contribution < -0.4 is 11.5 Å². The summed E-state index contributed by atoms with van der Waals surface area (Å²) in [4.78, 5) is 15.1. The largest absolute Gasteiger partial charge is 0.385 e. The number of nitrogen functional groups attached to an aromatic ring is 1. The average molecular weight is 229 g/mol. The van der Waals surface area contributed by atoms with E-state index in [1.165, 1.54) is 0 Å². The van der Waals surface area contributed by atoms with Gasteiger partial charge in [0, 0.05) is 28.9 Å². The molecule has 0 aliphatic heterocycles. The van der Waals surface area contributed by atoms with Crippen LogP contribution in [0.15, 0.2) is 36.5 Å². The van der Waals surface area contributed by atoms with E-state index in [1.807, 2.05) is 18.2 Å². The maximum absolute atomic E-state index is 12.3. The van der Waals surface area contributed by atoms with Crippen molar-refractivity contribution in [2.75, 3.05) is 5.73 Å². The number of benzene rings is 1. The van der Waals surface area contributed by atoms with E-state index in [-0.39, 0.29) is 11.8 Å². The molecule has 1 aromatic carbocycles. The molecule has 1 atom stereocenters. The van der Waals surface area contributed by atoms with Crippen molar-refractivity contribution < 1.29 is 4.79 Å². The molecule has 1 heterocycles. The first-order valence-corrected chi connectivity index (χ1v) is 5.43. The standard InChI is InChI=1S/C13H15N3O/c1-8(14)11-10(7-16-13(11)15)12(17)9-5-3-2-4-6-9/h2-8,16H,14-15H2,1H3. The summed E-state index contributed by atoms with van der Waals surface area (Å²) in [6, 6.07) is 8.80. The number of hydrogen-bond acceptors (Lipinski definition) is 3. The highest BCUT2D eigenvalue weighted by molar-refractivity contribution is 6.10. The predicted octanol–water partition coefficient (Wildman–Crippen LogP) is 1.85. The zero-order chi connectivity index (χ0) is 12.4. The van der Waals surface area contributed by atoms with Gasteiger partial charge in [-0.15, -0.1) is 0 Å². The van der Waals surface area contributed by atoms with Crippen LogP contribution in [0.2, 0.25) is 0 Å². The highest BCUT2D eigenvalue weighted by Gasteiger charge is 2.19. The van der Waals surface area contributed by atoms with Crippen LogP contribution in [0.1, 0.15) is 34.5 Å². The number of hydrogen-bond donors (Lipinski definition) is 3. The maximum Gasteiger partial charge on any atom is 0.194 e. The first-order valence-electron chi connectivity index (χ1n) is 5.43. The SMILES string of the molecule is CC(N)c1c(C(=O)c2ccccc2)c[nH]c1N. The third-order valence-electron chi connectivity index (χ3n) is 2.69. The van der Waals surface area contributed by atoms with E-state index in [1.54, 1.807) is 25.3 Å². The minimum atomic E-state index is -0.274. The van der Waals surface area contributed by atoms with E-state index in [9.17, 15) is 4.79 Å². The molecule has 0 bridgehead atoms. The first kappa shape index (κ1) is 11.4. The molecule has 0 spiro atoms. The van der Waals surface area contributed by atoms with Gasteiger partial charge in [-0.1, -0.05) is 30.3 Å². The Hall–Kier alpha value is -2.07. The van der Waals surface area contributed by atoms with E-state index < -0.39 is 0 Å². The Labute approximate surface area is 99.6 Å². The van der Waals surface area contributed by atoms with E-state index in [2.05, 4.69) is 4.98 Å². The molecule has 2 aromatic rings. The first-order chi connectivity index (χ1) is 8.11. The van der Waals surface area contributed by atoms with Crippen LogP contribution in [0.5, 0.6) is 0 Å². The number of aromatic amines is 1. The molecule has 0 fully saturated rings. The maximum atomic E-state index is 12.3. The van der Waals surface area contributed by atoms with Gasteiger partial charge >= 0.3 is 0 Å². The lowest BCUT2D eigenvalue weighted by Crippen LogP contribution is -2.12. The monoisotopic (exact) mass is 229 g/mol. The third kappa shape index (κ3) is 2.07. The fraction of sp³-hybridized carbons (Fsp3) is 0.154. The number of rotatable bonds is 3. The van der Waals surface area contributed by atoms with Gasteiger partial charge in [-0.25, -0.2) is 0 Å². The number of nitrogens with two attached hydrogens (primary N) is 2. The highest BCUT2D eigenvalue weighted by Crippen LogP contribution is 2.24. The van der Waals surface area contributed by atoms with E-state index in [4.69, 9.17) is 11.5 Å². The quantitative estimate of drug-likeness (QED) is 0.702. The molecule has 2 rings (SSSR count). The molecule has 0 radical (unpaired) electrons. The minimum absolute atomic E-state index is 0.0640. The van der Waals surface area contributed by atoms with Crippen molar-refractivity contribution >= 4 is 11.6 Å². The van der Waals surface area contributed by atoms with Crippen molar-refractivity contribution in [3.05, 3.63) is 53.2 Å². The molecule has 0 saturated carbocycles. The van der Waals surface area contributed by atoms with Crippen LogP contribution in [-0.4, -0.2) is 10.8 Å². The van der Waals surface area contributed by atoms with Crippen molar-refractivity contribution in [2.24, 2.45) is 5.73 Å². The molecular formula is C13H15N3O. The van der Waals surface area contributed by atoms with Crippen LogP contribution >= 0.6 is 0 Å². The average Bonchev–Trinajstić information content (AvgIpc) is 2.71. The molecule has 1 aromatic heterocycles. The lowest BCUT2D eigenvalue weighted by Gasteiger charge is -2.08. The Morgan fingerprint density at radius 3 is 2.53 bits per heavy atom. The van der Waals surface area contributed by atoms with Crippen LogP contribution in [0.4, 0.5) is 5.82 Å². The van der Waals surface area contributed by atoms with Gasteiger partial charge in [0.2, 0.25) is 0 Å². The van der Waals surface area contributed by atoms with Crippen LogP contribution in [0.3, 0.4) is 0 Å². The van der Waals surface area contributed by atoms with Gasteiger partial charge < -0.3 is 16.5 Å². The summed E-state index contributed by atoms with van der Waals surface area (Å²) in [5.74, 6) is 0.394. The third-order valence-corrected chi connectivity index (χ3v) is 2.69. The molecule has 5 N–H and O–H groups in total. The van der Waals surface area contributed by atoms with E-state index in [0.29, 0.717) is 22.5 Å². The fourth-order valence-corrected chi connectivity index (χ4v) is 1.87. The second kappa shape index (κ2) is 4.43. The Morgan fingerprint density at radius 1 is 1.29 bits per heavy atom. The van der Waals surface area contributed by atoms with Crippen molar-refractivity contribution in [1.29, 1.82) is 0 Å². The van der Waals surface area contributed by atoms with Crippen molar-refractivity contribution in [3.63, 3.8) is 0 Å². The second-order valence-electron chi connectivity index (χ2n) is 4.01. The van der Waals surface area contributed by atoms with Gasteiger partial charge in [-0.3, -0.25) is 4.79 Å². The van der Waals surface area contributed by atoms with Crippen molar-refractivity contribution in [2.45, 2.75) is 13.0 Å². The molecule has 4 nitrogen and oxygen atoms in total. The minimum Gasteiger partial charge on any atom is -0.385 e. The molecule has 0 aliphatic rings. The second-order valence-corrected chi connectivity index (χ2v) is 4.01. The van der Waals surface area contributed by atoms with Gasteiger partial charge in [0.05, 0.1) is 0 Å². The number of nitrogens with one attached hydrogen (secondary N) is 1. The molecule has 17 heavy (non-hydrogen) atoms. The highest BCUT2D eigenvalue weighted by atomic mass is 16.1. The van der Waals surface area contributed by atoms with Gasteiger partial charge in [0.25, 0.3) is 0 Å². The van der Waals surface area contributed by atoms with Crippen molar-refractivity contribution in [3.8, 4) is 0 Å². The normalized spacial score (nSPS) is 12.4. The Morgan fingerprint density at radius 2 is 1.94 bits per heavy atom. The zero-order valence-corrected chi connectivity index (χ0v) is 9.60. The summed E-state index contributed by atoms with van der Waals surface area (Å²) in [6.07, 6.45) is 1.61. The van der Waals surface area contributed by atoms with Gasteiger partial charge in [0.1, 0.15) is 5.82 Å². The van der Waals surface area contributed by atoms with Crippen LogP contribution in [0.25, 0.3) is 0 Å². The predicted molar refractivity (Wildman–Crippen MR) is 67.7 cm³/mol. The van der Waals surface area contributed by atoms with Crippen LogP contribution in [0, 0.1) is 0 Å². The molecule has 4 heteroatoms. The molecule has 0 aliphatic carbocycles. The fourth-order valence-electron chi connectivity index (χ4n) is 1.87. The number of anilines is 1. The summed E-state index contributed by atoms with van der Waals surface area (Å²) < 4.78 is 0. The number of carbonyl (C=O) groups is 1. The Balaban J connectivity index is 2.45. The molecule has 88 valence electrons. The summed E-state index contributed by atoms with van der Waals surface area (Å²) >= 11 is 0. The number of carbonyl (C=O) groups excluding carboxylic acids is 1. The van der Waals surface area contributed by atoms with Gasteiger partial charge in [-0.2, -0.15) is 0 Å². The lowest BCUT2D eigenvalue weighted by atomic mass is 9.99. The van der Waals surface area contributed by atoms with Crippen LogP contribution in [-0.2, 0) is 0 Å². The Bertz CT molecular complexity index is 529. The summed E-state index contributed by atoms with van der Waals surface area (Å²) in [6.45, 7) is 1.81. The number of aromatic nitrogens is 1. The van der Waals surface area contributed by atoms with Gasteiger partial charge in [-0.05, 0) is 6.92 Å². The van der Waals surface area contributed by atoms with E-state index >= 15 is 0 Å². The van der Waals surface area contributed by atoms with Crippen molar-refractivity contribution in [1.82, 2.24) is 4.98 Å². The summed E-state index contributed by atoms with van der Waals surface area (Å²) in [5.41, 5.74) is 13.5. The molecular weight excluding hydrogens is 214 g/mol. The topological polar surface area (TPSA) is 84.9 Å². The lowest BCUT2D eigenvalue weighted by molar-refractivity contribution is 0.103. The summed E-state index contributed by atoms with van der Waals surface area (Å²) in [5, 5.41) is 0. The molecule has 1 unspecified atom stereocenters. The smallest absolute Gasteiger partial charge is 0.194 e. The Kier molecular flexibility index (Phi) is 2.97. The van der Waals surface area contributed by atoms with Gasteiger partial charge in [0.15, 0.2) is 5.78 Å². The zero-order valence-electron chi connectivity index (χ0n) is 9.60. The molecule has 0 amide bonds. The summed E-state index contributed by atoms with van der Waals surface area (Å²) in [7, 11) is 0. The number of H-pyrrole nitrogens is 1. The van der Waals surface area contributed by atoms with E-state index in [0.717, 1.165) is 0 Å². The number of ketones is 1. The molecule has 0 saturated heterocycles.